The van der Waals surface area contributed by atoms with Gasteiger partial charge < -0.3 is 5.11 Å². The summed E-state index contributed by atoms with van der Waals surface area (Å²) in [6, 6.07) is 6.79. The smallest absolute Gasteiger partial charge is 0.354 e. The molecule has 1 aromatic carbocycles. The average molecular weight is 287 g/mol. The molecule has 0 aliphatic carbocycles. The Balaban J connectivity index is 2.84. The second-order valence-corrected chi connectivity index (χ2v) is 4.10. The number of hydrogen-bond donors (Lipinski definition) is 1. The highest BCUT2D eigenvalue weighted by Crippen LogP contribution is 2.29. The molecule has 0 aliphatic heterocycles. The van der Waals surface area contributed by atoms with Crippen molar-refractivity contribution in [1.29, 1.82) is 0 Å². The van der Waals surface area contributed by atoms with E-state index in [1.54, 1.807) is 18.2 Å². The molecule has 2 rings (SSSR count). The number of pyridine rings is 1. The van der Waals surface area contributed by atoms with E-state index >= 15 is 0 Å². The van der Waals surface area contributed by atoms with Gasteiger partial charge >= 0.3 is 5.97 Å². The number of aromatic carboxylic acids is 1. The van der Waals surface area contributed by atoms with Crippen molar-refractivity contribution in [3.63, 3.8) is 0 Å². The first-order chi connectivity index (χ1) is 7.09. The second-order valence-electron chi connectivity index (χ2n) is 2.94. The van der Waals surface area contributed by atoms with E-state index in [0.717, 1.165) is 10.8 Å². The quantitative estimate of drug-likeness (QED) is 0.818. The van der Waals surface area contributed by atoms with Gasteiger partial charge in [0.05, 0.1) is 5.02 Å². The number of carboxylic acid groups (broad SMARTS) is 1. The Morgan fingerprint density at radius 3 is 2.87 bits per heavy atom. The molecule has 0 amide bonds. The molecular weight excluding hydrogens is 281 g/mol. The number of halogens is 2. The maximum atomic E-state index is 10.8. The van der Waals surface area contributed by atoms with Gasteiger partial charge in [0.25, 0.3) is 0 Å². The average Bonchev–Trinajstić information content (AvgIpc) is 2.17. The molecule has 0 saturated heterocycles. The highest BCUT2D eigenvalue weighted by molar-refractivity contribution is 9.10. The minimum absolute atomic E-state index is 0.00311. The first-order valence-electron chi connectivity index (χ1n) is 4.07. The number of benzene rings is 1. The summed E-state index contributed by atoms with van der Waals surface area (Å²) in [5.74, 6) is -1.06. The lowest BCUT2D eigenvalue weighted by Crippen LogP contribution is -2.00. The van der Waals surface area contributed by atoms with Gasteiger partial charge in [-0.1, -0.05) is 23.7 Å². The zero-order valence-corrected chi connectivity index (χ0v) is 9.71. The highest BCUT2D eigenvalue weighted by atomic mass is 79.9. The van der Waals surface area contributed by atoms with E-state index in [0.29, 0.717) is 9.63 Å². The van der Waals surface area contributed by atoms with Crippen molar-refractivity contribution in [1.82, 2.24) is 4.98 Å². The summed E-state index contributed by atoms with van der Waals surface area (Å²) in [7, 11) is 0. The minimum Gasteiger partial charge on any atom is -0.477 e. The van der Waals surface area contributed by atoms with E-state index in [4.69, 9.17) is 16.7 Å². The number of aromatic nitrogens is 1. The highest BCUT2D eigenvalue weighted by Gasteiger charge is 2.10. The van der Waals surface area contributed by atoms with E-state index in [1.165, 1.54) is 6.07 Å². The minimum atomic E-state index is -1.06. The summed E-state index contributed by atoms with van der Waals surface area (Å²) in [6.07, 6.45) is 0. The van der Waals surface area contributed by atoms with Crippen LogP contribution in [0.5, 0.6) is 0 Å². The van der Waals surface area contributed by atoms with Gasteiger partial charge in [-0.25, -0.2) is 9.78 Å². The first kappa shape index (κ1) is 10.4. The zero-order valence-electron chi connectivity index (χ0n) is 7.37. The third kappa shape index (κ3) is 1.82. The number of hydrogen-bond acceptors (Lipinski definition) is 2. The van der Waals surface area contributed by atoms with Crippen molar-refractivity contribution >= 4 is 44.3 Å². The molecule has 15 heavy (non-hydrogen) atoms. The van der Waals surface area contributed by atoms with Gasteiger partial charge in [-0.2, -0.15) is 0 Å². The maximum absolute atomic E-state index is 10.8. The lowest BCUT2D eigenvalue weighted by molar-refractivity contribution is 0.0690. The number of nitrogens with zero attached hydrogens (tertiary/aromatic N) is 1. The summed E-state index contributed by atoms with van der Waals surface area (Å²) >= 11 is 9.18. The van der Waals surface area contributed by atoms with E-state index in [9.17, 15) is 4.79 Å². The van der Waals surface area contributed by atoms with Gasteiger partial charge in [0.15, 0.2) is 0 Å². The number of carboxylic acids is 1. The fourth-order valence-corrected chi connectivity index (χ4v) is 2.35. The molecule has 0 saturated carbocycles. The molecule has 2 aromatic rings. The largest absolute Gasteiger partial charge is 0.477 e. The Labute approximate surface area is 98.8 Å². The SMILES string of the molecule is O=C(O)c1cc2cccc(Cl)c2c(Br)n1. The summed E-state index contributed by atoms with van der Waals surface area (Å²) in [6.45, 7) is 0. The number of fused-ring (bicyclic) bond motifs is 1. The molecule has 3 nitrogen and oxygen atoms in total. The molecule has 76 valence electrons. The lowest BCUT2D eigenvalue weighted by Gasteiger charge is -2.03. The Morgan fingerprint density at radius 1 is 1.47 bits per heavy atom. The van der Waals surface area contributed by atoms with Gasteiger partial charge in [-0.15, -0.1) is 0 Å². The normalized spacial score (nSPS) is 10.5. The van der Waals surface area contributed by atoms with E-state index < -0.39 is 5.97 Å². The molecule has 0 aliphatic rings. The summed E-state index contributed by atoms with van der Waals surface area (Å²) in [5.41, 5.74) is -0.00311. The molecule has 0 bridgehead atoms. The van der Waals surface area contributed by atoms with Crippen LogP contribution in [0.2, 0.25) is 5.02 Å². The van der Waals surface area contributed by atoms with Gasteiger partial charge in [0.1, 0.15) is 10.3 Å². The van der Waals surface area contributed by atoms with Crippen molar-refractivity contribution in [2.45, 2.75) is 0 Å². The fourth-order valence-electron chi connectivity index (χ4n) is 1.33. The van der Waals surface area contributed by atoms with Crippen LogP contribution in [0.25, 0.3) is 10.8 Å². The van der Waals surface area contributed by atoms with Crippen LogP contribution >= 0.6 is 27.5 Å². The van der Waals surface area contributed by atoms with Crippen molar-refractivity contribution < 1.29 is 9.90 Å². The monoisotopic (exact) mass is 285 g/mol. The summed E-state index contributed by atoms with van der Waals surface area (Å²) < 4.78 is 0.447. The Hall–Kier alpha value is -1.13. The Bertz CT molecular complexity index is 556. The van der Waals surface area contributed by atoms with Crippen LogP contribution in [0.15, 0.2) is 28.9 Å². The first-order valence-corrected chi connectivity index (χ1v) is 5.25. The zero-order chi connectivity index (χ0) is 11.0. The summed E-state index contributed by atoms with van der Waals surface area (Å²) in [4.78, 5) is 14.7. The van der Waals surface area contributed by atoms with Gasteiger partial charge in [-0.3, -0.25) is 0 Å². The molecule has 0 fully saturated rings. The molecule has 0 radical (unpaired) electrons. The van der Waals surface area contributed by atoms with Crippen LogP contribution in [0.1, 0.15) is 10.5 Å². The standard InChI is InChI=1S/C10H5BrClNO2/c11-9-8-5(2-1-3-6(8)12)4-7(13-9)10(14)15/h1-4H,(H,14,15). The maximum Gasteiger partial charge on any atom is 0.354 e. The van der Waals surface area contributed by atoms with Gasteiger partial charge in [-0.05, 0) is 33.4 Å². The molecule has 1 heterocycles. The van der Waals surface area contributed by atoms with Crippen LogP contribution in [-0.4, -0.2) is 16.1 Å². The van der Waals surface area contributed by atoms with E-state index in [2.05, 4.69) is 20.9 Å². The van der Waals surface area contributed by atoms with E-state index in [1.807, 2.05) is 0 Å². The van der Waals surface area contributed by atoms with Crippen LogP contribution in [0.4, 0.5) is 0 Å². The van der Waals surface area contributed by atoms with Crippen LogP contribution < -0.4 is 0 Å². The molecule has 0 atom stereocenters. The van der Waals surface area contributed by atoms with Crippen LogP contribution in [0.3, 0.4) is 0 Å². The van der Waals surface area contributed by atoms with E-state index in [-0.39, 0.29) is 5.69 Å². The molecular formula is C10H5BrClNO2. The molecule has 1 N–H and O–H groups in total. The van der Waals surface area contributed by atoms with Crippen molar-refractivity contribution in [2.75, 3.05) is 0 Å². The predicted molar refractivity (Wildman–Crippen MR) is 61.4 cm³/mol. The second kappa shape index (κ2) is 3.79. The predicted octanol–water partition coefficient (Wildman–Crippen LogP) is 3.35. The fraction of sp³-hybridized carbons (Fsp3) is 0. The molecule has 0 unspecified atom stereocenters. The third-order valence-electron chi connectivity index (χ3n) is 1.98. The van der Waals surface area contributed by atoms with Crippen molar-refractivity contribution in [3.05, 3.63) is 39.6 Å². The third-order valence-corrected chi connectivity index (χ3v) is 2.87. The van der Waals surface area contributed by atoms with Crippen molar-refractivity contribution in [3.8, 4) is 0 Å². The lowest BCUT2D eigenvalue weighted by atomic mass is 10.1. The Morgan fingerprint density at radius 2 is 2.20 bits per heavy atom. The summed E-state index contributed by atoms with van der Waals surface area (Å²) in [5, 5.41) is 10.8. The van der Waals surface area contributed by atoms with Crippen LogP contribution in [-0.2, 0) is 0 Å². The Kier molecular flexibility index (Phi) is 2.63. The topological polar surface area (TPSA) is 50.2 Å². The van der Waals surface area contributed by atoms with Crippen LogP contribution in [0, 0.1) is 0 Å². The molecule has 1 aromatic heterocycles. The number of rotatable bonds is 1. The number of carbonyl (C=O) groups is 1. The van der Waals surface area contributed by atoms with Gasteiger partial charge in [0.2, 0.25) is 0 Å². The molecule has 0 spiro atoms. The van der Waals surface area contributed by atoms with Gasteiger partial charge in [0, 0.05) is 5.39 Å². The van der Waals surface area contributed by atoms with Crippen molar-refractivity contribution in [2.24, 2.45) is 0 Å². The molecule has 5 heteroatoms.